The number of nitrogens with one attached hydrogen (secondary N) is 1. The van der Waals surface area contributed by atoms with Gasteiger partial charge in [-0.15, -0.1) is 0 Å². The number of hydrogen-bond acceptors (Lipinski definition) is 4. The van der Waals surface area contributed by atoms with E-state index in [9.17, 15) is 18.0 Å². The van der Waals surface area contributed by atoms with Gasteiger partial charge in [0.05, 0.1) is 4.90 Å². The van der Waals surface area contributed by atoms with Crippen molar-refractivity contribution >= 4 is 21.8 Å². The normalized spacial score (nSPS) is 19.1. The van der Waals surface area contributed by atoms with Crippen LogP contribution in [0.3, 0.4) is 0 Å². The number of likely N-dealkylation sites (tertiary alicyclic amines) is 1. The Morgan fingerprint density at radius 1 is 1.00 bits per heavy atom. The summed E-state index contributed by atoms with van der Waals surface area (Å²) in [5.74, 6) is -0.178. The summed E-state index contributed by atoms with van der Waals surface area (Å²) in [4.78, 5) is 27.1. The van der Waals surface area contributed by atoms with Gasteiger partial charge < -0.3 is 10.2 Å². The Bertz CT molecular complexity index is 884. The van der Waals surface area contributed by atoms with E-state index in [0.29, 0.717) is 43.8 Å². The number of carbonyl (C=O) groups excluding carboxylic acids is 2. The average molecular weight is 450 g/mol. The quantitative estimate of drug-likeness (QED) is 0.723. The Balaban J connectivity index is 1.45. The van der Waals surface area contributed by atoms with Gasteiger partial charge in [0, 0.05) is 45.1 Å². The van der Waals surface area contributed by atoms with E-state index in [0.717, 1.165) is 37.1 Å². The Morgan fingerprint density at radius 3 is 2.26 bits per heavy atom. The van der Waals surface area contributed by atoms with Crippen LogP contribution in [-0.4, -0.2) is 62.2 Å². The molecule has 2 heterocycles. The Kier molecular flexibility index (Phi) is 8.11. The second-order valence-corrected chi connectivity index (χ2v) is 10.7. The van der Waals surface area contributed by atoms with E-state index in [1.807, 2.05) is 30.9 Å². The van der Waals surface area contributed by atoms with Crippen molar-refractivity contribution in [2.75, 3.05) is 32.7 Å². The van der Waals surface area contributed by atoms with E-state index in [4.69, 9.17) is 0 Å². The summed E-state index contributed by atoms with van der Waals surface area (Å²) in [5.41, 5.74) is 1.77. The summed E-state index contributed by atoms with van der Waals surface area (Å²) in [7, 11) is -3.55. The Morgan fingerprint density at radius 2 is 1.65 bits per heavy atom. The fraction of sp³-hybridized carbons (Fsp3) is 0.652. The molecule has 2 amide bonds. The van der Waals surface area contributed by atoms with Crippen LogP contribution in [0.2, 0.25) is 0 Å². The molecule has 0 aromatic heterocycles. The molecule has 7 nitrogen and oxygen atoms in total. The minimum Gasteiger partial charge on any atom is -0.355 e. The second-order valence-electron chi connectivity index (χ2n) is 8.78. The van der Waals surface area contributed by atoms with Crippen molar-refractivity contribution in [2.24, 2.45) is 5.92 Å². The Hall–Kier alpha value is -1.93. The standard InChI is InChI=1S/C23H35N3O4S/c1-18-7-8-21(19(2)17-18)31(29,30)26-15-10-20(11-16-26)23(28)24-12-9-22(27)25-13-5-3-4-6-14-25/h7-8,17,20H,3-6,9-16H2,1-2H3,(H,24,28). The van der Waals surface area contributed by atoms with Crippen LogP contribution >= 0.6 is 0 Å². The molecule has 0 spiro atoms. The van der Waals surface area contributed by atoms with Crippen molar-refractivity contribution in [2.45, 2.75) is 63.7 Å². The summed E-state index contributed by atoms with van der Waals surface area (Å²) in [6, 6.07) is 5.35. The molecule has 0 radical (unpaired) electrons. The van der Waals surface area contributed by atoms with Gasteiger partial charge in [-0.1, -0.05) is 30.5 Å². The predicted molar refractivity (Wildman–Crippen MR) is 120 cm³/mol. The average Bonchev–Trinajstić information content (AvgIpc) is 3.03. The SMILES string of the molecule is Cc1ccc(S(=O)(=O)N2CCC(C(=O)NCCC(=O)N3CCCCCC3)CC2)c(C)c1. The summed E-state index contributed by atoms with van der Waals surface area (Å²) in [6.45, 7) is 6.40. The largest absolute Gasteiger partial charge is 0.355 e. The van der Waals surface area contributed by atoms with Gasteiger partial charge in [0.25, 0.3) is 0 Å². The molecule has 0 bridgehead atoms. The molecular weight excluding hydrogens is 414 g/mol. The van der Waals surface area contributed by atoms with Gasteiger partial charge in [0.15, 0.2) is 0 Å². The van der Waals surface area contributed by atoms with Crippen molar-refractivity contribution in [3.8, 4) is 0 Å². The highest BCUT2D eigenvalue weighted by atomic mass is 32.2. The zero-order valence-electron chi connectivity index (χ0n) is 18.7. The van der Waals surface area contributed by atoms with Crippen molar-refractivity contribution < 1.29 is 18.0 Å². The third-order valence-electron chi connectivity index (χ3n) is 6.37. The fourth-order valence-electron chi connectivity index (χ4n) is 4.50. The zero-order valence-corrected chi connectivity index (χ0v) is 19.5. The van der Waals surface area contributed by atoms with Crippen LogP contribution in [0.25, 0.3) is 0 Å². The van der Waals surface area contributed by atoms with Gasteiger partial charge >= 0.3 is 0 Å². The lowest BCUT2D eigenvalue weighted by Gasteiger charge is -2.31. The number of hydrogen-bond donors (Lipinski definition) is 1. The highest BCUT2D eigenvalue weighted by Crippen LogP contribution is 2.26. The highest BCUT2D eigenvalue weighted by molar-refractivity contribution is 7.89. The summed E-state index contributed by atoms with van der Waals surface area (Å²) >= 11 is 0. The minimum absolute atomic E-state index is 0.0766. The molecule has 1 N–H and O–H groups in total. The second kappa shape index (κ2) is 10.6. The number of sulfonamides is 1. The van der Waals surface area contributed by atoms with Crippen LogP contribution in [0.15, 0.2) is 23.1 Å². The van der Waals surface area contributed by atoms with Gasteiger partial charge in [-0.3, -0.25) is 9.59 Å². The van der Waals surface area contributed by atoms with E-state index in [-0.39, 0.29) is 17.7 Å². The fourth-order valence-corrected chi connectivity index (χ4v) is 6.18. The van der Waals surface area contributed by atoms with Gasteiger partial charge in [0.2, 0.25) is 21.8 Å². The van der Waals surface area contributed by atoms with Crippen molar-refractivity contribution in [3.63, 3.8) is 0 Å². The molecule has 2 fully saturated rings. The number of benzene rings is 1. The van der Waals surface area contributed by atoms with E-state index < -0.39 is 10.0 Å². The van der Waals surface area contributed by atoms with Crippen LogP contribution in [0.5, 0.6) is 0 Å². The maximum Gasteiger partial charge on any atom is 0.243 e. The van der Waals surface area contributed by atoms with E-state index >= 15 is 0 Å². The molecule has 0 unspecified atom stereocenters. The first kappa shape index (κ1) is 23.7. The summed E-state index contributed by atoms with van der Waals surface area (Å²) in [6.07, 6.45) is 5.79. The van der Waals surface area contributed by atoms with Gasteiger partial charge in [-0.2, -0.15) is 4.31 Å². The van der Waals surface area contributed by atoms with E-state index in [1.165, 1.54) is 17.1 Å². The van der Waals surface area contributed by atoms with Gasteiger partial charge in [-0.25, -0.2) is 8.42 Å². The Labute approximate surface area is 186 Å². The molecule has 0 aliphatic carbocycles. The van der Waals surface area contributed by atoms with Crippen molar-refractivity contribution in [1.29, 1.82) is 0 Å². The molecule has 3 rings (SSSR count). The number of carbonyl (C=O) groups is 2. The first-order chi connectivity index (χ1) is 14.8. The lowest BCUT2D eigenvalue weighted by molar-refractivity contribution is -0.131. The first-order valence-electron chi connectivity index (χ1n) is 11.4. The number of nitrogens with zero attached hydrogens (tertiary/aromatic N) is 2. The molecule has 0 atom stereocenters. The van der Waals surface area contributed by atoms with Gasteiger partial charge in [-0.05, 0) is 51.2 Å². The number of piperidine rings is 1. The lowest BCUT2D eigenvalue weighted by atomic mass is 9.97. The molecule has 2 saturated heterocycles. The van der Waals surface area contributed by atoms with Gasteiger partial charge in [0.1, 0.15) is 0 Å². The summed E-state index contributed by atoms with van der Waals surface area (Å²) < 4.78 is 27.5. The predicted octanol–water partition coefficient (Wildman–Crippen LogP) is 2.61. The lowest BCUT2D eigenvalue weighted by Crippen LogP contribution is -2.43. The highest BCUT2D eigenvalue weighted by Gasteiger charge is 2.32. The van der Waals surface area contributed by atoms with Crippen molar-refractivity contribution in [1.82, 2.24) is 14.5 Å². The van der Waals surface area contributed by atoms with E-state index in [1.54, 1.807) is 6.07 Å². The third kappa shape index (κ3) is 6.07. The maximum atomic E-state index is 13.0. The minimum atomic E-state index is -3.55. The number of rotatable bonds is 6. The van der Waals surface area contributed by atoms with E-state index in [2.05, 4.69) is 5.32 Å². The number of amides is 2. The van der Waals surface area contributed by atoms with Crippen LogP contribution in [0.1, 0.15) is 56.1 Å². The van der Waals surface area contributed by atoms with Crippen LogP contribution in [0.4, 0.5) is 0 Å². The molecule has 2 aliphatic rings. The molecule has 172 valence electrons. The summed E-state index contributed by atoms with van der Waals surface area (Å²) in [5, 5.41) is 2.88. The molecule has 1 aromatic rings. The third-order valence-corrected chi connectivity index (χ3v) is 8.43. The zero-order chi connectivity index (χ0) is 22.4. The first-order valence-corrected chi connectivity index (χ1v) is 12.9. The van der Waals surface area contributed by atoms with Crippen LogP contribution in [0, 0.1) is 19.8 Å². The molecule has 2 aliphatic heterocycles. The molecule has 8 heteroatoms. The topological polar surface area (TPSA) is 86.8 Å². The number of aryl methyl sites for hydroxylation is 2. The van der Waals surface area contributed by atoms with Crippen LogP contribution < -0.4 is 5.32 Å². The van der Waals surface area contributed by atoms with Crippen molar-refractivity contribution in [3.05, 3.63) is 29.3 Å². The maximum absolute atomic E-state index is 13.0. The van der Waals surface area contributed by atoms with Crippen LogP contribution in [-0.2, 0) is 19.6 Å². The molecule has 31 heavy (non-hydrogen) atoms. The molecular formula is C23H35N3O4S. The monoisotopic (exact) mass is 449 g/mol. The smallest absolute Gasteiger partial charge is 0.243 e. The molecule has 0 saturated carbocycles. The molecule has 1 aromatic carbocycles.